The van der Waals surface area contributed by atoms with Gasteiger partial charge in [-0.2, -0.15) is 5.10 Å². The molecule has 0 amide bonds. The molecule has 1 aromatic rings. The van der Waals surface area contributed by atoms with Crippen LogP contribution in [0.15, 0.2) is 12.4 Å². The van der Waals surface area contributed by atoms with Gasteiger partial charge in [-0.15, -0.1) is 0 Å². The molecule has 2 bridgehead atoms. The first-order valence-corrected chi connectivity index (χ1v) is 8.53. The molecule has 20 heavy (non-hydrogen) atoms. The first kappa shape index (κ1) is 14.1. The quantitative estimate of drug-likeness (QED) is 0.828. The van der Waals surface area contributed by atoms with E-state index in [0.717, 1.165) is 37.3 Å². The minimum Gasteiger partial charge on any atom is -0.314 e. The maximum Gasteiger partial charge on any atom is 0.0522 e. The Kier molecular flexibility index (Phi) is 4.45. The number of fused-ring (bicyclic) bond motifs is 2. The summed E-state index contributed by atoms with van der Waals surface area (Å²) in [7, 11) is 0. The molecule has 4 unspecified atom stereocenters. The van der Waals surface area contributed by atoms with E-state index in [-0.39, 0.29) is 0 Å². The van der Waals surface area contributed by atoms with Gasteiger partial charge in [0.2, 0.25) is 0 Å². The van der Waals surface area contributed by atoms with Crippen molar-refractivity contribution in [1.82, 2.24) is 15.1 Å². The fraction of sp³-hybridized carbons (Fsp3) is 0.824. The zero-order valence-electron chi connectivity index (χ0n) is 13.0. The van der Waals surface area contributed by atoms with Gasteiger partial charge in [0, 0.05) is 18.8 Å². The van der Waals surface area contributed by atoms with Gasteiger partial charge in [-0.1, -0.05) is 13.3 Å². The lowest BCUT2D eigenvalue weighted by Crippen LogP contribution is -2.34. The van der Waals surface area contributed by atoms with Crippen LogP contribution in [0.25, 0.3) is 0 Å². The fourth-order valence-electron chi connectivity index (χ4n) is 4.53. The van der Waals surface area contributed by atoms with Crippen LogP contribution in [-0.4, -0.2) is 22.4 Å². The van der Waals surface area contributed by atoms with Gasteiger partial charge >= 0.3 is 0 Å². The van der Waals surface area contributed by atoms with Crippen LogP contribution in [0.1, 0.15) is 51.5 Å². The summed E-state index contributed by atoms with van der Waals surface area (Å²) < 4.78 is 2.04. The maximum absolute atomic E-state index is 4.41. The second kappa shape index (κ2) is 6.30. The Morgan fingerprint density at radius 3 is 2.85 bits per heavy atom. The summed E-state index contributed by atoms with van der Waals surface area (Å²) in [4.78, 5) is 0. The summed E-state index contributed by atoms with van der Waals surface area (Å²) >= 11 is 0. The van der Waals surface area contributed by atoms with Crippen molar-refractivity contribution in [1.29, 1.82) is 0 Å². The summed E-state index contributed by atoms with van der Waals surface area (Å²) in [6, 6.07) is 0.638. The summed E-state index contributed by atoms with van der Waals surface area (Å²) in [5.41, 5.74) is 1.39. The Hall–Kier alpha value is -0.830. The number of aryl methyl sites for hydroxylation is 1. The molecule has 3 rings (SSSR count). The number of hydrogen-bond donors (Lipinski definition) is 1. The van der Waals surface area contributed by atoms with Crippen molar-refractivity contribution in [3.63, 3.8) is 0 Å². The van der Waals surface area contributed by atoms with Gasteiger partial charge in [0.15, 0.2) is 0 Å². The van der Waals surface area contributed by atoms with Gasteiger partial charge in [0.25, 0.3) is 0 Å². The second-order valence-corrected chi connectivity index (χ2v) is 6.83. The Labute approximate surface area is 123 Å². The van der Waals surface area contributed by atoms with E-state index in [1.165, 1.54) is 37.7 Å². The summed E-state index contributed by atoms with van der Waals surface area (Å²) in [5.74, 6) is 3.09. The SMILES string of the molecule is CCNC(Cc1cnn(CC)c1)CC1CC2CCC1C2. The zero-order valence-corrected chi connectivity index (χ0v) is 13.0. The third-order valence-corrected chi connectivity index (χ3v) is 5.46. The molecule has 2 aliphatic rings. The Balaban J connectivity index is 1.57. The molecular weight excluding hydrogens is 246 g/mol. The molecule has 3 heteroatoms. The molecule has 0 radical (unpaired) electrons. The van der Waals surface area contributed by atoms with E-state index < -0.39 is 0 Å². The van der Waals surface area contributed by atoms with Crippen LogP contribution in [0.5, 0.6) is 0 Å². The maximum atomic E-state index is 4.41. The lowest BCUT2D eigenvalue weighted by atomic mass is 9.83. The first-order chi connectivity index (χ1) is 9.78. The van der Waals surface area contributed by atoms with Crippen molar-refractivity contribution in [3.05, 3.63) is 18.0 Å². The van der Waals surface area contributed by atoms with E-state index in [0.29, 0.717) is 6.04 Å². The molecule has 4 atom stereocenters. The number of rotatable bonds is 7. The Morgan fingerprint density at radius 1 is 1.35 bits per heavy atom. The van der Waals surface area contributed by atoms with Crippen LogP contribution in [0, 0.1) is 17.8 Å². The molecular formula is C17H29N3. The zero-order chi connectivity index (χ0) is 13.9. The monoisotopic (exact) mass is 275 g/mol. The number of hydrogen-bond acceptors (Lipinski definition) is 2. The highest BCUT2D eigenvalue weighted by molar-refractivity contribution is 5.07. The smallest absolute Gasteiger partial charge is 0.0522 e. The largest absolute Gasteiger partial charge is 0.314 e. The molecule has 0 spiro atoms. The van der Waals surface area contributed by atoms with E-state index >= 15 is 0 Å². The summed E-state index contributed by atoms with van der Waals surface area (Å²) in [6.45, 7) is 6.42. The van der Waals surface area contributed by atoms with Crippen molar-refractivity contribution in [2.75, 3.05) is 6.54 Å². The Morgan fingerprint density at radius 2 is 2.25 bits per heavy atom. The molecule has 1 heterocycles. The molecule has 0 aromatic carbocycles. The van der Waals surface area contributed by atoms with Gasteiger partial charge < -0.3 is 5.32 Å². The van der Waals surface area contributed by atoms with Crippen LogP contribution >= 0.6 is 0 Å². The van der Waals surface area contributed by atoms with Gasteiger partial charge in [-0.25, -0.2) is 0 Å². The standard InChI is InChI=1S/C17H29N3/c1-3-18-17(9-14-11-19-20(4-2)12-14)10-16-8-13-5-6-15(16)7-13/h11-13,15-18H,3-10H2,1-2H3. The van der Waals surface area contributed by atoms with Crippen LogP contribution in [-0.2, 0) is 13.0 Å². The number of aromatic nitrogens is 2. The second-order valence-electron chi connectivity index (χ2n) is 6.83. The lowest BCUT2D eigenvalue weighted by molar-refractivity contribution is 0.278. The van der Waals surface area contributed by atoms with Crippen molar-refractivity contribution < 1.29 is 0 Å². The molecule has 3 nitrogen and oxygen atoms in total. The van der Waals surface area contributed by atoms with Crippen molar-refractivity contribution in [3.8, 4) is 0 Å². The molecule has 1 N–H and O–H groups in total. The highest BCUT2D eigenvalue weighted by Crippen LogP contribution is 2.49. The van der Waals surface area contributed by atoms with Crippen LogP contribution in [0.2, 0.25) is 0 Å². The van der Waals surface area contributed by atoms with E-state index in [4.69, 9.17) is 0 Å². The molecule has 2 fully saturated rings. The van der Waals surface area contributed by atoms with E-state index in [1.807, 2.05) is 4.68 Å². The highest BCUT2D eigenvalue weighted by Gasteiger charge is 2.39. The molecule has 2 saturated carbocycles. The van der Waals surface area contributed by atoms with Gasteiger partial charge in [0.05, 0.1) is 6.20 Å². The third-order valence-electron chi connectivity index (χ3n) is 5.46. The Bertz CT molecular complexity index is 426. The molecule has 112 valence electrons. The topological polar surface area (TPSA) is 29.9 Å². The van der Waals surface area contributed by atoms with Crippen LogP contribution in [0.4, 0.5) is 0 Å². The van der Waals surface area contributed by atoms with Crippen molar-refractivity contribution in [2.24, 2.45) is 17.8 Å². The average molecular weight is 275 g/mol. The lowest BCUT2D eigenvalue weighted by Gasteiger charge is -2.27. The number of likely N-dealkylation sites (N-methyl/N-ethyl adjacent to an activating group) is 1. The van der Waals surface area contributed by atoms with Crippen molar-refractivity contribution in [2.45, 2.75) is 65.0 Å². The average Bonchev–Trinajstić information content (AvgIpc) is 3.14. The number of nitrogens with zero attached hydrogens (tertiary/aromatic N) is 2. The van der Waals surface area contributed by atoms with Gasteiger partial charge in [-0.3, -0.25) is 4.68 Å². The normalized spacial score (nSPS) is 30.0. The van der Waals surface area contributed by atoms with E-state index in [2.05, 4.69) is 36.7 Å². The minimum atomic E-state index is 0.638. The fourth-order valence-corrected chi connectivity index (χ4v) is 4.53. The highest BCUT2D eigenvalue weighted by atomic mass is 15.3. The summed E-state index contributed by atoms with van der Waals surface area (Å²) in [6.07, 6.45) is 12.8. The molecule has 0 saturated heterocycles. The summed E-state index contributed by atoms with van der Waals surface area (Å²) in [5, 5.41) is 8.11. The van der Waals surface area contributed by atoms with Gasteiger partial charge in [-0.05, 0) is 68.9 Å². The predicted octanol–water partition coefficient (Wildman–Crippen LogP) is 3.25. The van der Waals surface area contributed by atoms with Crippen LogP contribution in [0.3, 0.4) is 0 Å². The molecule has 2 aliphatic carbocycles. The number of nitrogens with one attached hydrogen (secondary N) is 1. The van der Waals surface area contributed by atoms with Crippen molar-refractivity contribution >= 4 is 0 Å². The van der Waals surface area contributed by atoms with Gasteiger partial charge in [0.1, 0.15) is 0 Å². The van der Waals surface area contributed by atoms with Crippen LogP contribution < -0.4 is 5.32 Å². The first-order valence-electron chi connectivity index (χ1n) is 8.53. The van der Waals surface area contributed by atoms with E-state index in [1.54, 1.807) is 0 Å². The molecule has 1 aromatic heterocycles. The predicted molar refractivity (Wildman–Crippen MR) is 82.6 cm³/mol. The third kappa shape index (κ3) is 3.08. The molecule has 0 aliphatic heterocycles. The van der Waals surface area contributed by atoms with E-state index in [9.17, 15) is 0 Å². The minimum absolute atomic E-state index is 0.638.